The third-order valence-electron chi connectivity index (χ3n) is 4.38. The van der Waals surface area contributed by atoms with E-state index in [9.17, 15) is 15.3 Å². The highest BCUT2D eigenvalue weighted by Gasteiger charge is 2.43. The van der Waals surface area contributed by atoms with Gasteiger partial charge < -0.3 is 29.9 Å². The largest absolute Gasteiger partial charge is 0.394 e. The van der Waals surface area contributed by atoms with Gasteiger partial charge in [-0.05, 0) is 6.42 Å². The lowest BCUT2D eigenvalue weighted by molar-refractivity contribution is -0.301. The minimum Gasteiger partial charge on any atom is -0.394 e. The molecule has 1 saturated heterocycles. The average Bonchev–Trinajstić information content (AvgIpc) is 2.56. The fourth-order valence-corrected chi connectivity index (χ4v) is 2.82. The summed E-state index contributed by atoms with van der Waals surface area (Å²) in [7, 11) is 0. The van der Waals surface area contributed by atoms with Crippen LogP contribution in [-0.2, 0) is 9.47 Å². The molecule has 0 saturated carbocycles. The lowest BCUT2D eigenvalue weighted by Crippen LogP contribution is -2.59. The highest BCUT2D eigenvalue weighted by atomic mass is 16.7. The van der Waals surface area contributed by atoms with Crippen LogP contribution in [0.2, 0.25) is 0 Å². The van der Waals surface area contributed by atoms with E-state index in [2.05, 4.69) is 6.92 Å². The first kappa shape index (κ1) is 20.8. The highest BCUT2D eigenvalue weighted by Crippen LogP contribution is 2.22. The molecule has 1 unspecified atom stereocenters. The molecule has 1 heterocycles. The number of hydrogen-bond acceptors (Lipinski definition) is 6. The SMILES string of the molecule is CCCCCCCCCCCOC1O[C@H](CO)[C@H](O)[C@H](O)[C@H]1O. The van der Waals surface area contributed by atoms with Crippen LogP contribution in [0.3, 0.4) is 0 Å². The van der Waals surface area contributed by atoms with Crippen molar-refractivity contribution in [1.82, 2.24) is 0 Å². The minimum absolute atomic E-state index is 0.428. The van der Waals surface area contributed by atoms with Gasteiger partial charge in [-0.2, -0.15) is 0 Å². The molecule has 1 fully saturated rings. The molecule has 1 aliphatic rings. The Morgan fingerprint density at radius 2 is 1.35 bits per heavy atom. The molecule has 23 heavy (non-hydrogen) atoms. The fourth-order valence-electron chi connectivity index (χ4n) is 2.82. The number of aliphatic hydroxyl groups is 4. The van der Waals surface area contributed by atoms with E-state index in [0.29, 0.717) is 6.61 Å². The van der Waals surface area contributed by atoms with Crippen molar-refractivity contribution in [3.05, 3.63) is 0 Å². The standard InChI is InChI=1S/C17H34O6/c1-2-3-4-5-6-7-8-9-10-11-22-17-16(21)15(20)14(19)13(12-18)23-17/h13-21H,2-12H2,1H3/t13-,14+,15+,16-,17?/m1/s1. The Kier molecular flexibility index (Phi) is 11.0. The van der Waals surface area contributed by atoms with Gasteiger partial charge in [-0.15, -0.1) is 0 Å². The average molecular weight is 334 g/mol. The first-order valence-corrected chi connectivity index (χ1v) is 9.04. The lowest BCUT2D eigenvalue weighted by atomic mass is 9.99. The summed E-state index contributed by atoms with van der Waals surface area (Å²) in [6, 6.07) is 0. The van der Waals surface area contributed by atoms with E-state index in [1.54, 1.807) is 0 Å². The summed E-state index contributed by atoms with van der Waals surface area (Å²) >= 11 is 0. The normalized spacial score (nSPS) is 31.4. The maximum atomic E-state index is 9.82. The molecule has 0 spiro atoms. The van der Waals surface area contributed by atoms with Crippen molar-refractivity contribution < 1.29 is 29.9 Å². The lowest BCUT2D eigenvalue weighted by Gasteiger charge is -2.39. The summed E-state index contributed by atoms with van der Waals surface area (Å²) < 4.78 is 10.7. The number of aliphatic hydroxyl groups excluding tert-OH is 4. The molecule has 0 amide bonds. The summed E-state index contributed by atoms with van der Waals surface area (Å²) in [4.78, 5) is 0. The summed E-state index contributed by atoms with van der Waals surface area (Å²) in [6.07, 6.45) is 4.97. The molecule has 0 radical (unpaired) electrons. The second kappa shape index (κ2) is 12.2. The van der Waals surface area contributed by atoms with E-state index >= 15 is 0 Å². The van der Waals surface area contributed by atoms with Crippen molar-refractivity contribution in [3.8, 4) is 0 Å². The van der Waals surface area contributed by atoms with Gasteiger partial charge in [-0.3, -0.25) is 0 Å². The Hall–Kier alpha value is -0.240. The molecular weight excluding hydrogens is 300 g/mol. The highest BCUT2D eigenvalue weighted by molar-refractivity contribution is 4.88. The first-order chi connectivity index (χ1) is 11.1. The predicted octanol–water partition coefficient (Wildman–Crippen LogP) is 1.33. The fraction of sp³-hybridized carbons (Fsp3) is 1.00. The Morgan fingerprint density at radius 1 is 0.783 bits per heavy atom. The van der Waals surface area contributed by atoms with Crippen LogP contribution in [0.15, 0.2) is 0 Å². The summed E-state index contributed by atoms with van der Waals surface area (Å²) in [5.41, 5.74) is 0. The van der Waals surface area contributed by atoms with Gasteiger partial charge in [0.1, 0.15) is 24.4 Å². The predicted molar refractivity (Wildman–Crippen MR) is 86.9 cm³/mol. The molecule has 0 aromatic rings. The molecule has 1 rings (SSSR count). The topological polar surface area (TPSA) is 99.4 Å². The Bertz CT molecular complexity index is 286. The third-order valence-corrected chi connectivity index (χ3v) is 4.38. The number of unbranched alkanes of at least 4 members (excludes halogenated alkanes) is 8. The first-order valence-electron chi connectivity index (χ1n) is 9.04. The molecule has 138 valence electrons. The van der Waals surface area contributed by atoms with E-state index in [-0.39, 0.29) is 0 Å². The molecule has 5 atom stereocenters. The van der Waals surface area contributed by atoms with Gasteiger partial charge in [0.05, 0.1) is 6.61 Å². The van der Waals surface area contributed by atoms with Crippen molar-refractivity contribution in [1.29, 1.82) is 0 Å². The van der Waals surface area contributed by atoms with Crippen LogP contribution in [0.4, 0.5) is 0 Å². The van der Waals surface area contributed by atoms with E-state index in [1.165, 1.54) is 44.9 Å². The van der Waals surface area contributed by atoms with Gasteiger partial charge in [-0.1, -0.05) is 58.3 Å². The van der Waals surface area contributed by atoms with Crippen LogP contribution < -0.4 is 0 Å². The Labute approximate surface area is 139 Å². The van der Waals surface area contributed by atoms with Crippen molar-refractivity contribution in [2.24, 2.45) is 0 Å². The quantitative estimate of drug-likeness (QED) is 0.402. The van der Waals surface area contributed by atoms with Crippen molar-refractivity contribution in [3.63, 3.8) is 0 Å². The molecule has 6 heteroatoms. The van der Waals surface area contributed by atoms with Crippen LogP contribution >= 0.6 is 0 Å². The summed E-state index contributed by atoms with van der Waals surface area (Å²) in [6.45, 7) is 2.22. The van der Waals surface area contributed by atoms with Crippen molar-refractivity contribution in [2.45, 2.75) is 95.4 Å². The number of ether oxygens (including phenoxy) is 2. The zero-order valence-electron chi connectivity index (χ0n) is 14.3. The van der Waals surface area contributed by atoms with Gasteiger partial charge in [-0.25, -0.2) is 0 Å². The molecule has 0 aromatic heterocycles. The maximum Gasteiger partial charge on any atom is 0.186 e. The molecule has 0 bridgehead atoms. The number of hydrogen-bond donors (Lipinski definition) is 4. The van der Waals surface area contributed by atoms with Crippen molar-refractivity contribution >= 4 is 0 Å². The van der Waals surface area contributed by atoms with Crippen LogP contribution in [-0.4, -0.2) is 64.3 Å². The van der Waals surface area contributed by atoms with E-state index in [4.69, 9.17) is 14.6 Å². The minimum atomic E-state index is -1.37. The van der Waals surface area contributed by atoms with Crippen LogP contribution in [0.5, 0.6) is 0 Å². The molecule has 6 nitrogen and oxygen atoms in total. The summed E-state index contributed by atoms with van der Waals surface area (Å²) in [5.74, 6) is 0. The zero-order chi connectivity index (χ0) is 17.1. The molecule has 4 N–H and O–H groups in total. The smallest absolute Gasteiger partial charge is 0.186 e. The van der Waals surface area contributed by atoms with E-state index in [0.717, 1.165) is 12.8 Å². The Morgan fingerprint density at radius 3 is 1.91 bits per heavy atom. The second-order valence-electron chi connectivity index (χ2n) is 6.40. The van der Waals surface area contributed by atoms with Crippen molar-refractivity contribution in [2.75, 3.05) is 13.2 Å². The van der Waals surface area contributed by atoms with Gasteiger partial charge >= 0.3 is 0 Å². The van der Waals surface area contributed by atoms with Crippen LogP contribution in [0.1, 0.15) is 64.7 Å². The van der Waals surface area contributed by atoms with Gasteiger partial charge in [0.15, 0.2) is 6.29 Å². The zero-order valence-corrected chi connectivity index (χ0v) is 14.3. The molecule has 0 aliphatic carbocycles. The van der Waals surface area contributed by atoms with E-state index < -0.39 is 37.3 Å². The molecule has 0 aromatic carbocycles. The van der Waals surface area contributed by atoms with E-state index in [1.807, 2.05) is 0 Å². The van der Waals surface area contributed by atoms with Crippen LogP contribution in [0.25, 0.3) is 0 Å². The second-order valence-corrected chi connectivity index (χ2v) is 6.40. The maximum absolute atomic E-state index is 9.82. The van der Waals surface area contributed by atoms with Gasteiger partial charge in [0.2, 0.25) is 0 Å². The van der Waals surface area contributed by atoms with Gasteiger partial charge in [0.25, 0.3) is 0 Å². The molecule has 1 aliphatic heterocycles. The monoisotopic (exact) mass is 334 g/mol. The third kappa shape index (κ3) is 7.45. The molecular formula is C17H34O6. The van der Waals surface area contributed by atoms with Gasteiger partial charge in [0, 0.05) is 6.61 Å². The Balaban J connectivity index is 2.06. The summed E-state index contributed by atoms with van der Waals surface area (Å²) in [5, 5.41) is 38.2. The van der Waals surface area contributed by atoms with Crippen LogP contribution in [0, 0.1) is 0 Å². The number of rotatable bonds is 12.